The van der Waals surface area contributed by atoms with E-state index in [0.29, 0.717) is 6.54 Å². The smallest absolute Gasteiger partial charge is 0.407 e. The predicted molar refractivity (Wildman–Crippen MR) is 76.9 cm³/mol. The maximum Gasteiger partial charge on any atom is 0.407 e. The summed E-state index contributed by atoms with van der Waals surface area (Å²) in [6.45, 7) is 7.73. The molecular formula is C15H22F2N2O2. The fourth-order valence-corrected chi connectivity index (χ4v) is 1.67. The lowest BCUT2D eigenvalue weighted by Gasteiger charge is -2.22. The zero-order valence-corrected chi connectivity index (χ0v) is 12.8. The molecule has 0 heterocycles. The van der Waals surface area contributed by atoms with Crippen LogP contribution in [0.25, 0.3) is 0 Å². The van der Waals surface area contributed by atoms with Crippen LogP contribution in [0.5, 0.6) is 0 Å². The highest BCUT2D eigenvalue weighted by Crippen LogP contribution is 2.10. The summed E-state index contributed by atoms with van der Waals surface area (Å²) in [4.78, 5) is 11.5. The first kappa shape index (κ1) is 17.4. The second-order valence-corrected chi connectivity index (χ2v) is 5.89. The summed E-state index contributed by atoms with van der Waals surface area (Å²) in [5.74, 6) is -1.72. The number of hydrogen-bond donors (Lipinski definition) is 2. The van der Waals surface area contributed by atoms with Crippen LogP contribution in [0.15, 0.2) is 18.2 Å². The number of benzene rings is 1. The molecule has 6 heteroatoms. The van der Waals surface area contributed by atoms with Crippen molar-refractivity contribution in [1.82, 2.24) is 10.6 Å². The summed E-state index contributed by atoms with van der Waals surface area (Å²) in [6.07, 6.45) is -0.506. The molecule has 1 amide bonds. The van der Waals surface area contributed by atoms with Gasteiger partial charge in [0.25, 0.3) is 0 Å². The molecule has 1 aromatic carbocycles. The summed E-state index contributed by atoms with van der Waals surface area (Å²) in [7, 11) is 0. The van der Waals surface area contributed by atoms with Crippen molar-refractivity contribution in [2.45, 2.75) is 45.9 Å². The maximum absolute atomic E-state index is 13.4. The fourth-order valence-electron chi connectivity index (χ4n) is 1.67. The molecule has 0 fully saturated rings. The summed E-state index contributed by atoms with van der Waals surface area (Å²) in [6, 6.07) is 3.84. The molecule has 1 aromatic rings. The number of rotatable bonds is 5. The van der Waals surface area contributed by atoms with Gasteiger partial charge in [-0.1, -0.05) is 12.1 Å². The quantitative estimate of drug-likeness (QED) is 0.879. The largest absolute Gasteiger partial charge is 0.444 e. The van der Waals surface area contributed by atoms with Crippen molar-refractivity contribution in [3.8, 4) is 0 Å². The van der Waals surface area contributed by atoms with Gasteiger partial charge in [-0.25, -0.2) is 13.6 Å². The van der Waals surface area contributed by atoms with Crippen molar-refractivity contribution in [2.24, 2.45) is 0 Å². The van der Waals surface area contributed by atoms with Crippen LogP contribution in [0.2, 0.25) is 0 Å². The average molecular weight is 300 g/mol. The minimum Gasteiger partial charge on any atom is -0.444 e. The minimum absolute atomic E-state index is 0.184. The minimum atomic E-state index is -0.866. The van der Waals surface area contributed by atoms with Crippen LogP contribution >= 0.6 is 0 Å². The molecule has 118 valence electrons. The van der Waals surface area contributed by atoms with E-state index in [-0.39, 0.29) is 18.2 Å². The number of ether oxygens (including phenoxy) is 1. The van der Waals surface area contributed by atoms with Gasteiger partial charge in [-0.15, -0.1) is 0 Å². The molecular weight excluding hydrogens is 278 g/mol. The van der Waals surface area contributed by atoms with E-state index >= 15 is 0 Å². The van der Waals surface area contributed by atoms with Crippen LogP contribution in [0, 0.1) is 11.6 Å². The molecule has 21 heavy (non-hydrogen) atoms. The first-order valence-corrected chi connectivity index (χ1v) is 6.82. The van der Waals surface area contributed by atoms with E-state index in [2.05, 4.69) is 10.6 Å². The van der Waals surface area contributed by atoms with Crippen molar-refractivity contribution in [2.75, 3.05) is 6.54 Å². The van der Waals surface area contributed by atoms with Gasteiger partial charge in [-0.05, 0) is 33.8 Å². The molecule has 0 aromatic heterocycles. The first-order valence-electron chi connectivity index (χ1n) is 6.82. The molecule has 0 spiro atoms. The highest BCUT2D eigenvalue weighted by atomic mass is 19.2. The van der Waals surface area contributed by atoms with Crippen LogP contribution in [0.1, 0.15) is 33.3 Å². The van der Waals surface area contributed by atoms with E-state index < -0.39 is 23.3 Å². The van der Waals surface area contributed by atoms with Gasteiger partial charge in [0.1, 0.15) is 5.60 Å². The molecule has 4 nitrogen and oxygen atoms in total. The van der Waals surface area contributed by atoms with Gasteiger partial charge >= 0.3 is 6.09 Å². The third-order valence-electron chi connectivity index (χ3n) is 2.56. The highest BCUT2D eigenvalue weighted by Gasteiger charge is 2.17. The molecule has 1 unspecified atom stereocenters. The average Bonchev–Trinajstić information content (AvgIpc) is 2.32. The van der Waals surface area contributed by atoms with Crippen molar-refractivity contribution in [1.29, 1.82) is 0 Å². The second kappa shape index (κ2) is 7.36. The summed E-state index contributed by atoms with van der Waals surface area (Å²) in [5, 5.41) is 5.62. The number of hydrogen-bond acceptors (Lipinski definition) is 3. The van der Waals surface area contributed by atoms with Gasteiger partial charge in [-0.3, -0.25) is 0 Å². The van der Waals surface area contributed by atoms with Crippen molar-refractivity contribution in [3.05, 3.63) is 35.4 Å². The van der Waals surface area contributed by atoms with E-state index in [4.69, 9.17) is 4.74 Å². The molecule has 0 aliphatic rings. The molecule has 1 atom stereocenters. The molecule has 0 aliphatic carbocycles. The Morgan fingerprint density at radius 3 is 2.62 bits per heavy atom. The molecule has 1 rings (SSSR count). The van der Waals surface area contributed by atoms with E-state index in [1.54, 1.807) is 27.7 Å². The topological polar surface area (TPSA) is 50.4 Å². The Labute approximate surface area is 123 Å². The number of alkyl carbamates (subject to hydrolysis) is 1. The Kier molecular flexibility index (Phi) is 6.08. The third kappa shape index (κ3) is 6.53. The Hall–Kier alpha value is -1.69. The number of carbonyl (C=O) groups excluding carboxylic acids is 1. The third-order valence-corrected chi connectivity index (χ3v) is 2.56. The molecule has 0 aliphatic heterocycles. The van der Waals surface area contributed by atoms with Gasteiger partial charge < -0.3 is 15.4 Å². The van der Waals surface area contributed by atoms with Crippen LogP contribution in [0.4, 0.5) is 13.6 Å². The highest BCUT2D eigenvalue weighted by molar-refractivity contribution is 5.68. The van der Waals surface area contributed by atoms with Gasteiger partial charge in [0.15, 0.2) is 11.6 Å². The number of carbonyl (C=O) groups is 1. The SMILES string of the molecule is CC(CNCc1cccc(F)c1F)NC(=O)OC(C)(C)C. The van der Waals surface area contributed by atoms with E-state index in [0.717, 1.165) is 6.07 Å². The molecule has 0 saturated carbocycles. The summed E-state index contributed by atoms with van der Waals surface area (Å²) in [5.41, 5.74) is -0.304. The molecule has 0 saturated heterocycles. The van der Waals surface area contributed by atoms with Gasteiger partial charge in [0, 0.05) is 24.7 Å². The Bertz CT molecular complexity index is 487. The monoisotopic (exact) mass is 300 g/mol. The van der Waals surface area contributed by atoms with Gasteiger partial charge in [-0.2, -0.15) is 0 Å². The zero-order valence-electron chi connectivity index (χ0n) is 12.8. The van der Waals surface area contributed by atoms with Crippen molar-refractivity contribution in [3.63, 3.8) is 0 Å². The van der Waals surface area contributed by atoms with Gasteiger partial charge in [0.05, 0.1) is 0 Å². The summed E-state index contributed by atoms with van der Waals surface area (Å²) < 4.78 is 31.6. The number of amides is 1. The Balaban J connectivity index is 2.35. The predicted octanol–water partition coefficient (Wildman–Crippen LogP) is 2.97. The Morgan fingerprint density at radius 2 is 2.00 bits per heavy atom. The van der Waals surface area contributed by atoms with Gasteiger partial charge in [0.2, 0.25) is 0 Å². The maximum atomic E-state index is 13.4. The van der Waals surface area contributed by atoms with Crippen LogP contribution < -0.4 is 10.6 Å². The van der Waals surface area contributed by atoms with Crippen LogP contribution in [-0.2, 0) is 11.3 Å². The summed E-state index contributed by atoms with van der Waals surface area (Å²) >= 11 is 0. The lowest BCUT2D eigenvalue weighted by molar-refractivity contribution is 0.0508. The number of halogens is 2. The van der Waals surface area contributed by atoms with Crippen molar-refractivity contribution >= 4 is 6.09 Å². The molecule has 0 bridgehead atoms. The Morgan fingerprint density at radius 1 is 1.33 bits per heavy atom. The first-order chi connectivity index (χ1) is 9.69. The van der Waals surface area contributed by atoms with E-state index in [1.165, 1.54) is 12.1 Å². The normalized spacial score (nSPS) is 12.9. The van der Waals surface area contributed by atoms with Crippen LogP contribution in [-0.4, -0.2) is 24.3 Å². The molecule has 2 N–H and O–H groups in total. The lowest BCUT2D eigenvalue weighted by Crippen LogP contribution is -2.42. The lowest BCUT2D eigenvalue weighted by atomic mass is 10.2. The number of nitrogens with one attached hydrogen (secondary N) is 2. The van der Waals surface area contributed by atoms with E-state index in [9.17, 15) is 13.6 Å². The van der Waals surface area contributed by atoms with Crippen molar-refractivity contribution < 1.29 is 18.3 Å². The zero-order chi connectivity index (χ0) is 16.0. The fraction of sp³-hybridized carbons (Fsp3) is 0.533. The standard InChI is InChI=1S/C15H22F2N2O2/c1-10(19-14(20)21-15(2,3)4)8-18-9-11-6-5-7-12(16)13(11)17/h5-7,10,18H,8-9H2,1-4H3,(H,19,20). The van der Waals surface area contributed by atoms with E-state index in [1.807, 2.05) is 0 Å². The van der Waals surface area contributed by atoms with Crippen LogP contribution in [0.3, 0.4) is 0 Å². The second-order valence-electron chi connectivity index (χ2n) is 5.89. The molecule has 0 radical (unpaired) electrons.